The van der Waals surface area contributed by atoms with Gasteiger partial charge >= 0.3 is 0 Å². The van der Waals surface area contributed by atoms with Crippen LogP contribution in [0.5, 0.6) is 5.75 Å². The molecule has 5 nitrogen and oxygen atoms in total. The Labute approximate surface area is 170 Å². The molecule has 1 saturated carbocycles. The lowest BCUT2D eigenvalue weighted by Gasteiger charge is -2.14. The quantitative estimate of drug-likeness (QED) is 0.690. The number of rotatable bonds is 5. The van der Waals surface area contributed by atoms with Gasteiger partial charge in [-0.3, -0.25) is 4.79 Å². The van der Waals surface area contributed by atoms with Crippen LogP contribution in [-0.4, -0.2) is 25.0 Å². The van der Waals surface area contributed by atoms with Crippen LogP contribution in [0.2, 0.25) is 0 Å². The highest BCUT2D eigenvalue weighted by atomic mass is 16.5. The van der Waals surface area contributed by atoms with Gasteiger partial charge in [0.15, 0.2) is 0 Å². The Hall–Kier alpha value is -2.79. The average Bonchev–Trinajstić information content (AvgIpc) is 3.39. The molecule has 2 aromatic carbocycles. The summed E-state index contributed by atoms with van der Waals surface area (Å²) in [5, 5.41) is 7.51. The van der Waals surface area contributed by atoms with Crippen LogP contribution in [0.25, 0.3) is 11.0 Å². The molecule has 5 rings (SSSR count). The number of hydrogen-bond donors (Lipinski definition) is 2. The smallest absolute Gasteiger partial charge is 0.255 e. The maximum absolute atomic E-state index is 13.1. The zero-order chi connectivity index (χ0) is 19.8. The third-order valence-electron chi connectivity index (χ3n) is 6.30. The number of amides is 1. The minimum absolute atomic E-state index is 0.0422. The van der Waals surface area contributed by atoms with Gasteiger partial charge in [0.05, 0.1) is 5.56 Å². The molecule has 2 N–H and O–H groups in total. The minimum Gasteiger partial charge on any atom is -0.489 e. The van der Waals surface area contributed by atoms with Crippen molar-refractivity contribution >= 4 is 16.9 Å². The second-order valence-corrected chi connectivity index (χ2v) is 8.29. The third kappa shape index (κ3) is 3.62. The summed E-state index contributed by atoms with van der Waals surface area (Å²) >= 11 is 0. The molecular weight excluding hydrogens is 364 g/mol. The Morgan fingerprint density at radius 1 is 1.14 bits per heavy atom. The molecule has 5 heteroatoms. The van der Waals surface area contributed by atoms with Gasteiger partial charge in [0.1, 0.15) is 23.7 Å². The SMILES string of the molecule is Cc1oc2ccc(OCc3ccccc3)cc2c1C(=O)NC1CC2CNCC2C1. The van der Waals surface area contributed by atoms with Crippen molar-refractivity contribution in [3.05, 3.63) is 65.4 Å². The molecule has 150 valence electrons. The summed E-state index contributed by atoms with van der Waals surface area (Å²) in [5.41, 5.74) is 2.45. The molecule has 2 heterocycles. The van der Waals surface area contributed by atoms with Crippen LogP contribution < -0.4 is 15.4 Å². The predicted octanol–water partition coefficient (Wildman–Crippen LogP) is 4.05. The second kappa shape index (κ2) is 7.56. The maximum Gasteiger partial charge on any atom is 0.255 e. The van der Waals surface area contributed by atoms with Gasteiger partial charge in [0.25, 0.3) is 5.91 Å². The van der Waals surface area contributed by atoms with Gasteiger partial charge in [-0.1, -0.05) is 30.3 Å². The number of benzene rings is 2. The van der Waals surface area contributed by atoms with Crippen LogP contribution in [0.15, 0.2) is 52.9 Å². The normalized spacial score (nSPS) is 23.3. The van der Waals surface area contributed by atoms with Gasteiger partial charge in [-0.15, -0.1) is 0 Å². The van der Waals surface area contributed by atoms with E-state index in [-0.39, 0.29) is 11.9 Å². The fourth-order valence-corrected chi connectivity index (χ4v) is 4.85. The van der Waals surface area contributed by atoms with E-state index in [2.05, 4.69) is 10.6 Å². The van der Waals surface area contributed by atoms with Crippen LogP contribution >= 0.6 is 0 Å². The van der Waals surface area contributed by atoms with E-state index in [1.54, 1.807) is 0 Å². The zero-order valence-corrected chi connectivity index (χ0v) is 16.6. The lowest BCUT2D eigenvalue weighted by molar-refractivity contribution is 0.0936. The molecule has 1 amide bonds. The third-order valence-corrected chi connectivity index (χ3v) is 6.30. The Morgan fingerprint density at radius 2 is 1.90 bits per heavy atom. The number of carbonyl (C=O) groups excluding carboxylic acids is 1. The van der Waals surface area contributed by atoms with Crippen molar-refractivity contribution in [2.24, 2.45) is 11.8 Å². The van der Waals surface area contributed by atoms with E-state index in [9.17, 15) is 4.79 Å². The Bertz CT molecular complexity index is 1020. The summed E-state index contributed by atoms with van der Waals surface area (Å²) in [7, 11) is 0. The predicted molar refractivity (Wildman–Crippen MR) is 112 cm³/mol. The van der Waals surface area contributed by atoms with E-state index in [1.807, 2.05) is 55.5 Å². The fourth-order valence-electron chi connectivity index (χ4n) is 4.85. The zero-order valence-electron chi connectivity index (χ0n) is 16.6. The number of aryl methyl sites for hydroxylation is 1. The van der Waals surface area contributed by atoms with E-state index in [4.69, 9.17) is 9.15 Å². The first-order valence-corrected chi connectivity index (χ1v) is 10.4. The van der Waals surface area contributed by atoms with Crippen molar-refractivity contribution in [3.8, 4) is 5.75 Å². The molecule has 0 spiro atoms. The van der Waals surface area contributed by atoms with Gasteiger partial charge < -0.3 is 19.8 Å². The first-order valence-electron chi connectivity index (χ1n) is 10.4. The van der Waals surface area contributed by atoms with Crippen LogP contribution in [0.3, 0.4) is 0 Å². The van der Waals surface area contributed by atoms with E-state index in [0.717, 1.165) is 42.6 Å². The standard InChI is InChI=1S/C24H26N2O3/c1-15-23(24(27)26-19-9-17-12-25-13-18(17)10-19)21-11-20(7-8-22(21)29-15)28-14-16-5-3-2-4-6-16/h2-8,11,17-19,25H,9-10,12-14H2,1H3,(H,26,27). The number of fused-ring (bicyclic) bond motifs is 2. The van der Waals surface area contributed by atoms with Gasteiger partial charge in [0.2, 0.25) is 0 Å². The molecule has 2 fully saturated rings. The van der Waals surface area contributed by atoms with Crippen LogP contribution in [0.4, 0.5) is 0 Å². The number of hydrogen-bond acceptors (Lipinski definition) is 4. The largest absolute Gasteiger partial charge is 0.489 e. The Kier molecular flexibility index (Phi) is 4.76. The highest BCUT2D eigenvalue weighted by Crippen LogP contribution is 2.35. The molecule has 2 atom stereocenters. The number of furan rings is 1. The molecule has 3 aromatic rings. The van der Waals surface area contributed by atoms with Crippen molar-refractivity contribution in [2.75, 3.05) is 13.1 Å². The lowest BCUT2D eigenvalue weighted by atomic mass is 10.0. The second-order valence-electron chi connectivity index (χ2n) is 8.29. The van der Waals surface area contributed by atoms with Gasteiger partial charge in [-0.05, 0) is 68.5 Å². The van der Waals surface area contributed by atoms with Gasteiger partial charge in [-0.2, -0.15) is 0 Å². The van der Waals surface area contributed by atoms with Crippen LogP contribution in [0, 0.1) is 18.8 Å². The van der Waals surface area contributed by atoms with Gasteiger partial charge in [-0.25, -0.2) is 0 Å². The topological polar surface area (TPSA) is 63.5 Å². The Morgan fingerprint density at radius 3 is 2.66 bits per heavy atom. The minimum atomic E-state index is -0.0422. The summed E-state index contributed by atoms with van der Waals surface area (Å²) < 4.78 is 11.8. The Balaban J connectivity index is 1.34. The molecule has 1 saturated heterocycles. The maximum atomic E-state index is 13.1. The first-order chi connectivity index (χ1) is 14.2. The molecule has 0 radical (unpaired) electrons. The summed E-state index contributed by atoms with van der Waals surface area (Å²) in [6.45, 7) is 4.50. The van der Waals surface area contributed by atoms with E-state index in [1.165, 1.54) is 0 Å². The van der Waals surface area contributed by atoms with Gasteiger partial charge in [0, 0.05) is 11.4 Å². The highest BCUT2D eigenvalue weighted by Gasteiger charge is 2.38. The molecule has 1 aliphatic heterocycles. The summed E-state index contributed by atoms with van der Waals surface area (Å²) in [5.74, 6) is 2.73. The molecule has 2 aliphatic rings. The van der Waals surface area contributed by atoms with E-state index >= 15 is 0 Å². The van der Waals surface area contributed by atoms with Crippen molar-refractivity contribution < 1.29 is 13.9 Å². The van der Waals surface area contributed by atoms with Crippen LogP contribution in [0.1, 0.15) is 34.5 Å². The molecule has 0 bridgehead atoms. The van der Waals surface area contributed by atoms with Crippen molar-refractivity contribution in [1.29, 1.82) is 0 Å². The van der Waals surface area contributed by atoms with Crippen molar-refractivity contribution in [3.63, 3.8) is 0 Å². The van der Waals surface area contributed by atoms with E-state index in [0.29, 0.717) is 35.3 Å². The lowest BCUT2D eigenvalue weighted by Crippen LogP contribution is -2.34. The number of ether oxygens (including phenoxy) is 1. The summed E-state index contributed by atoms with van der Waals surface area (Å²) in [4.78, 5) is 13.1. The fraction of sp³-hybridized carbons (Fsp3) is 0.375. The van der Waals surface area contributed by atoms with Crippen LogP contribution in [-0.2, 0) is 6.61 Å². The van der Waals surface area contributed by atoms with Crippen molar-refractivity contribution in [1.82, 2.24) is 10.6 Å². The van der Waals surface area contributed by atoms with Crippen molar-refractivity contribution in [2.45, 2.75) is 32.4 Å². The number of nitrogens with one attached hydrogen (secondary N) is 2. The highest BCUT2D eigenvalue weighted by molar-refractivity contribution is 6.07. The molecular formula is C24H26N2O3. The summed E-state index contributed by atoms with van der Waals surface area (Å²) in [6, 6.07) is 16.0. The average molecular weight is 390 g/mol. The summed E-state index contributed by atoms with van der Waals surface area (Å²) in [6.07, 6.45) is 2.12. The molecule has 2 unspecified atom stereocenters. The van der Waals surface area contributed by atoms with E-state index < -0.39 is 0 Å². The molecule has 1 aromatic heterocycles. The number of carbonyl (C=O) groups is 1. The monoisotopic (exact) mass is 390 g/mol. The molecule has 29 heavy (non-hydrogen) atoms. The molecule has 1 aliphatic carbocycles. The first kappa shape index (κ1) is 18.3.